The van der Waals surface area contributed by atoms with Crippen LogP contribution in [0.15, 0.2) is 57.9 Å². The second-order valence-electron chi connectivity index (χ2n) is 4.51. The number of halogens is 1. The maximum atomic E-state index is 3.55. The summed E-state index contributed by atoms with van der Waals surface area (Å²) < 4.78 is 1.13. The van der Waals surface area contributed by atoms with E-state index in [0.29, 0.717) is 6.04 Å². The van der Waals surface area contributed by atoms with Crippen molar-refractivity contribution >= 4 is 27.7 Å². The topological polar surface area (TPSA) is 12.0 Å². The van der Waals surface area contributed by atoms with E-state index < -0.39 is 0 Å². The average molecular weight is 336 g/mol. The molecule has 19 heavy (non-hydrogen) atoms. The van der Waals surface area contributed by atoms with Crippen LogP contribution in [0.3, 0.4) is 0 Å². The Balaban J connectivity index is 1.94. The summed E-state index contributed by atoms with van der Waals surface area (Å²) in [6, 6.07) is 17.5. The summed E-state index contributed by atoms with van der Waals surface area (Å²) >= 11 is 5.29. The molecule has 0 unspecified atom stereocenters. The molecule has 0 radical (unpaired) electrons. The van der Waals surface area contributed by atoms with Crippen molar-refractivity contribution in [3.8, 4) is 0 Å². The quantitative estimate of drug-likeness (QED) is 0.769. The Morgan fingerprint density at radius 3 is 2.53 bits per heavy atom. The third kappa shape index (κ3) is 4.37. The van der Waals surface area contributed by atoms with E-state index in [1.54, 1.807) is 11.8 Å². The normalized spacial score (nSPS) is 12.4. The minimum Gasteiger partial charge on any atom is -0.306 e. The zero-order valence-corrected chi connectivity index (χ0v) is 13.6. The fourth-order valence-corrected chi connectivity index (χ4v) is 2.73. The van der Waals surface area contributed by atoms with E-state index in [1.807, 2.05) is 0 Å². The highest BCUT2D eigenvalue weighted by molar-refractivity contribution is 9.10. The summed E-state index contributed by atoms with van der Waals surface area (Å²) in [4.78, 5) is 1.31. The summed E-state index contributed by atoms with van der Waals surface area (Å²) in [5.74, 6) is 0. The summed E-state index contributed by atoms with van der Waals surface area (Å²) in [6.45, 7) is 3.08. The van der Waals surface area contributed by atoms with Gasteiger partial charge in [0.15, 0.2) is 0 Å². The molecular formula is C16H18BrNS. The summed E-state index contributed by atoms with van der Waals surface area (Å²) in [5.41, 5.74) is 2.62. The molecule has 0 aliphatic rings. The SMILES string of the molecule is CSc1ccc(CN[C@@H](C)c2cccc(Br)c2)cc1. The maximum absolute atomic E-state index is 3.55. The number of hydrogen-bond acceptors (Lipinski definition) is 2. The number of rotatable bonds is 5. The molecule has 1 N–H and O–H groups in total. The van der Waals surface area contributed by atoms with Gasteiger partial charge in [0, 0.05) is 22.0 Å². The Morgan fingerprint density at radius 1 is 1.16 bits per heavy atom. The van der Waals surface area contributed by atoms with E-state index >= 15 is 0 Å². The fraction of sp³-hybridized carbons (Fsp3) is 0.250. The van der Waals surface area contributed by atoms with Gasteiger partial charge in [-0.2, -0.15) is 0 Å². The molecule has 3 heteroatoms. The van der Waals surface area contributed by atoms with Crippen LogP contribution >= 0.6 is 27.7 Å². The molecule has 2 rings (SSSR count). The Bertz CT molecular complexity index is 525. The monoisotopic (exact) mass is 335 g/mol. The van der Waals surface area contributed by atoms with Crippen LogP contribution in [-0.4, -0.2) is 6.26 Å². The lowest BCUT2D eigenvalue weighted by Crippen LogP contribution is -2.17. The smallest absolute Gasteiger partial charge is 0.0295 e. The second-order valence-corrected chi connectivity index (χ2v) is 6.30. The fourth-order valence-electron chi connectivity index (χ4n) is 1.91. The maximum Gasteiger partial charge on any atom is 0.0295 e. The molecule has 0 fully saturated rings. The van der Waals surface area contributed by atoms with Gasteiger partial charge >= 0.3 is 0 Å². The minimum atomic E-state index is 0.345. The van der Waals surface area contributed by atoms with Crippen molar-refractivity contribution in [2.24, 2.45) is 0 Å². The summed E-state index contributed by atoms with van der Waals surface area (Å²) in [7, 11) is 0. The predicted molar refractivity (Wildman–Crippen MR) is 87.6 cm³/mol. The molecule has 2 aromatic carbocycles. The van der Waals surface area contributed by atoms with Gasteiger partial charge in [-0.3, -0.25) is 0 Å². The average Bonchev–Trinajstić information content (AvgIpc) is 2.45. The molecule has 1 atom stereocenters. The molecule has 0 spiro atoms. The highest BCUT2D eigenvalue weighted by atomic mass is 79.9. The summed E-state index contributed by atoms with van der Waals surface area (Å²) in [5, 5.41) is 3.55. The van der Waals surface area contributed by atoms with Crippen molar-refractivity contribution in [1.29, 1.82) is 0 Å². The first-order valence-corrected chi connectivity index (χ1v) is 8.32. The van der Waals surface area contributed by atoms with E-state index in [2.05, 4.69) is 83.0 Å². The van der Waals surface area contributed by atoms with Crippen LogP contribution in [0.4, 0.5) is 0 Å². The standard InChI is InChI=1S/C16H18BrNS/c1-12(14-4-3-5-15(17)10-14)18-11-13-6-8-16(19-2)9-7-13/h3-10,12,18H,11H2,1-2H3/t12-/m0/s1. The molecule has 0 amide bonds. The van der Waals surface area contributed by atoms with Crippen molar-refractivity contribution in [2.45, 2.75) is 24.4 Å². The molecule has 0 saturated heterocycles. The Hall–Kier alpha value is -0.770. The van der Waals surface area contributed by atoms with E-state index in [-0.39, 0.29) is 0 Å². The first-order valence-electron chi connectivity index (χ1n) is 6.31. The lowest BCUT2D eigenvalue weighted by Gasteiger charge is -2.14. The molecule has 1 nitrogen and oxygen atoms in total. The molecule has 0 saturated carbocycles. The van der Waals surface area contributed by atoms with Crippen LogP contribution in [0, 0.1) is 0 Å². The molecule has 100 valence electrons. The largest absolute Gasteiger partial charge is 0.306 e. The minimum absolute atomic E-state index is 0.345. The molecule has 0 aromatic heterocycles. The van der Waals surface area contributed by atoms with Crippen molar-refractivity contribution in [2.75, 3.05) is 6.26 Å². The first-order chi connectivity index (χ1) is 9.19. The molecule has 0 heterocycles. The Labute approximate surface area is 127 Å². The lowest BCUT2D eigenvalue weighted by molar-refractivity contribution is 0.574. The molecule has 0 aliphatic heterocycles. The molecule has 2 aromatic rings. The van der Waals surface area contributed by atoms with E-state index in [4.69, 9.17) is 0 Å². The molecule has 0 aliphatic carbocycles. The van der Waals surface area contributed by atoms with Gasteiger partial charge < -0.3 is 5.32 Å². The third-order valence-corrected chi connectivity index (χ3v) is 4.36. The van der Waals surface area contributed by atoms with Gasteiger partial charge in [0.25, 0.3) is 0 Å². The molecular weight excluding hydrogens is 318 g/mol. The number of thioether (sulfide) groups is 1. The summed E-state index contributed by atoms with van der Waals surface area (Å²) in [6.07, 6.45) is 2.10. The number of nitrogens with one attached hydrogen (secondary N) is 1. The van der Waals surface area contributed by atoms with Gasteiger partial charge in [-0.25, -0.2) is 0 Å². The van der Waals surface area contributed by atoms with Gasteiger partial charge in [-0.05, 0) is 48.6 Å². The van der Waals surface area contributed by atoms with Gasteiger partial charge in [0.1, 0.15) is 0 Å². The van der Waals surface area contributed by atoms with Crippen LogP contribution in [-0.2, 0) is 6.54 Å². The Morgan fingerprint density at radius 2 is 1.89 bits per heavy atom. The van der Waals surface area contributed by atoms with Crippen LogP contribution in [0.2, 0.25) is 0 Å². The van der Waals surface area contributed by atoms with Gasteiger partial charge in [-0.15, -0.1) is 11.8 Å². The van der Waals surface area contributed by atoms with Crippen LogP contribution in [0.1, 0.15) is 24.1 Å². The highest BCUT2D eigenvalue weighted by Crippen LogP contribution is 2.19. The van der Waals surface area contributed by atoms with E-state index in [1.165, 1.54) is 16.0 Å². The van der Waals surface area contributed by atoms with Crippen molar-refractivity contribution < 1.29 is 0 Å². The second kappa shape index (κ2) is 7.13. The zero-order chi connectivity index (χ0) is 13.7. The lowest BCUT2D eigenvalue weighted by atomic mass is 10.1. The van der Waals surface area contributed by atoms with Crippen LogP contribution < -0.4 is 5.32 Å². The first kappa shape index (κ1) is 14.6. The van der Waals surface area contributed by atoms with Crippen molar-refractivity contribution in [1.82, 2.24) is 5.32 Å². The zero-order valence-electron chi connectivity index (χ0n) is 11.2. The third-order valence-electron chi connectivity index (χ3n) is 3.12. The number of hydrogen-bond donors (Lipinski definition) is 1. The van der Waals surface area contributed by atoms with E-state index in [9.17, 15) is 0 Å². The highest BCUT2D eigenvalue weighted by Gasteiger charge is 2.05. The Kier molecular flexibility index (Phi) is 5.49. The van der Waals surface area contributed by atoms with Crippen molar-refractivity contribution in [3.63, 3.8) is 0 Å². The number of benzene rings is 2. The van der Waals surface area contributed by atoms with Crippen LogP contribution in [0.25, 0.3) is 0 Å². The van der Waals surface area contributed by atoms with Crippen LogP contribution in [0.5, 0.6) is 0 Å². The van der Waals surface area contributed by atoms with Gasteiger partial charge in [-0.1, -0.05) is 40.2 Å². The van der Waals surface area contributed by atoms with Gasteiger partial charge in [0.05, 0.1) is 0 Å². The van der Waals surface area contributed by atoms with E-state index in [0.717, 1.165) is 11.0 Å². The predicted octanol–water partition coefficient (Wildman–Crippen LogP) is 5.02. The van der Waals surface area contributed by atoms with Crippen molar-refractivity contribution in [3.05, 3.63) is 64.1 Å². The van der Waals surface area contributed by atoms with Gasteiger partial charge in [0.2, 0.25) is 0 Å². The molecule has 0 bridgehead atoms.